The number of hydrogen-bond acceptors (Lipinski definition) is 4. The van der Waals surface area contributed by atoms with Crippen LogP contribution >= 0.6 is 22.9 Å². The molecule has 0 bridgehead atoms. The molecule has 0 aliphatic heterocycles. The Hall–Kier alpha value is -1.07. The maximum absolute atomic E-state index is 11.6. The lowest BCUT2D eigenvalue weighted by Crippen LogP contribution is -2.39. The molecule has 0 aromatic carbocycles. The van der Waals surface area contributed by atoms with Gasteiger partial charge in [0.15, 0.2) is 0 Å². The average Bonchev–Trinajstić information content (AvgIpc) is 2.65. The number of amides is 1. The summed E-state index contributed by atoms with van der Waals surface area (Å²) < 4.78 is 5.31. The van der Waals surface area contributed by atoms with Gasteiger partial charge in [-0.25, -0.2) is 4.79 Å². The lowest BCUT2D eigenvalue weighted by atomic mass is 10.3. The Balaban J connectivity index is 2.54. The quantitative estimate of drug-likeness (QED) is 0.845. The molecule has 6 heteroatoms. The molecule has 1 rings (SSSR count). The van der Waals surface area contributed by atoms with Crippen LogP contribution in [0, 0.1) is 0 Å². The molecule has 4 nitrogen and oxygen atoms in total. The van der Waals surface area contributed by atoms with Crippen LogP contribution < -0.4 is 5.32 Å². The van der Waals surface area contributed by atoms with Crippen molar-refractivity contribution in [2.75, 3.05) is 6.61 Å². The highest BCUT2D eigenvalue weighted by Crippen LogP contribution is 2.21. The minimum absolute atomic E-state index is 0.296. The Labute approximate surface area is 103 Å². The standard InChI is InChI=1S/C10H12ClNO3S/c1-3-15-10(14)6(2)12-9(13)7-4-5-8(11)16-7/h4-6H,3H2,1-2H3,(H,12,13). The average molecular weight is 262 g/mol. The fraction of sp³-hybridized carbons (Fsp3) is 0.400. The van der Waals surface area contributed by atoms with Crippen LogP contribution in [0.1, 0.15) is 23.5 Å². The molecule has 1 heterocycles. The van der Waals surface area contributed by atoms with E-state index in [1.165, 1.54) is 0 Å². The molecule has 0 aliphatic carbocycles. The zero-order valence-electron chi connectivity index (χ0n) is 8.95. The van der Waals surface area contributed by atoms with E-state index < -0.39 is 12.0 Å². The summed E-state index contributed by atoms with van der Waals surface area (Å²) in [4.78, 5) is 23.3. The number of thiophene rings is 1. The van der Waals surface area contributed by atoms with Gasteiger partial charge in [0.25, 0.3) is 5.91 Å². The first-order valence-corrected chi connectivity index (χ1v) is 5.97. The highest BCUT2D eigenvalue weighted by atomic mass is 35.5. The van der Waals surface area contributed by atoms with Gasteiger partial charge in [-0.3, -0.25) is 4.79 Å². The predicted octanol–water partition coefficient (Wildman–Crippen LogP) is 2.08. The lowest BCUT2D eigenvalue weighted by Gasteiger charge is -2.11. The van der Waals surface area contributed by atoms with E-state index in [1.807, 2.05) is 0 Å². The molecule has 0 radical (unpaired) electrons. The van der Waals surface area contributed by atoms with Crippen molar-refractivity contribution in [3.63, 3.8) is 0 Å². The largest absolute Gasteiger partial charge is 0.464 e. The minimum Gasteiger partial charge on any atom is -0.464 e. The summed E-state index contributed by atoms with van der Waals surface area (Å²) in [6.07, 6.45) is 0. The topological polar surface area (TPSA) is 55.4 Å². The molecule has 1 unspecified atom stereocenters. The summed E-state index contributed by atoms with van der Waals surface area (Å²) >= 11 is 6.86. The fourth-order valence-corrected chi connectivity index (χ4v) is 1.98. The zero-order valence-corrected chi connectivity index (χ0v) is 10.5. The van der Waals surface area contributed by atoms with Crippen LogP contribution in [0.15, 0.2) is 12.1 Å². The van der Waals surface area contributed by atoms with Gasteiger partial charge in [0.1, 0.15) is 6.04 Å². The minimum atomic E-state index is -0.659. The Morgan fingerprint density at radius 2 is 2.25 bits per heavy atom. The summed E-state index contributed by atoms with van der Waals surface area (Å²) in [5, 5.41) is 2.53. The van der Waals surface area contributed by atoms with E-state index in [2.05, 4.69) is 5.32 Å². The molecule has 1 atom stereocenters. The first-order chi connectivity index (χ1) is 7.54. The van der Waals surface area contributed by atoms with E-state index in [9.17, 15) is 9.59 Å². The van der Waals surface area contributed by atoms with Gasteiger partial charge in [-0.1, -0.05) is 11.6 Å². The number of esters is 1. The van der Waals surface area contributed by atoms with Crippen molar-refractivity contribution < 1.29 is 14.3 Å². The van der Waals surface area contributed by atoms with Crippen molar-refractivity contribution in [2.45, 2.75) is 19.9 Å². The third kappa shape index (κ3) is 3.50. The smallest absolute Gasteiger partial charge is 0.328 e. The van der Waals surface area contributed by atoms with Crippen molar-refractivity contribution in [1.82, 2.24) is 5.32 Å². The number of nitrogens with one attached hydrogen (secondary N) is 1. The van der Waals surface area contributed by atoms with Crippen LogP contribution in [0.4, 0.5) is 0 Å². The van der Waals surface area contributed by atoms with Crippen LogP contribution in [-0.4, -0.2) is 24.5 Å². The number of rotatable bonds is 4. The van der Waals surface area contributed by atoms with Crippen LogP contribution in [0.5, 0.6) is 0 Å². The monoisotopic (exact) mass is 261 g/mol. The molecule has 1 amide bonds. The molecule has 0 saturated carbocycles. The second-order valence-corrected chi connectivity index (χ2v) is 4.77. The highest BCUT2D eigenvalue weighted by Gasteiger charge is 2.18. The normalized spacial score (nSPS) is 11.9. The van der Waals surface area contributed by atoms with Gasteiger partial charge < -0.3 is 10.1 Å². The molecule has 0 aliphatic rings. The van der Waals surface area contributed by atoms with Gasteiger partial charge in [-0.2, -0.15) is 0 Å². The summed E-state index contributed by atoms with van der Waals surface area (Å²) in [6.45, 7) is 3.58. The second-order valence-electron chi connectivity index (χ2n) is 3.05. The van der Waals surface area contributed by atoms with E-state index in [0.717, 1.165) is 11.3 Å². The molecule has 88 valence electrons. The maximum Gasteiger partial charge on any atom is 0.328 e. The molecular formula is C10H12ClNO3S. The van der Waals surface area contributed by atoms with Crippen LogP contribution in [-0.2, 0) is 9.53 Å². The molecule has 1 aromatic rings. The third-order valence-electron chi connectivity index (χ3n) is 1.78. The summed E-state index contributed by atoms with van der Waals surface area (Å²) in [5.74, 6) is -0.768. The van der Waals surface area contributed by atoms with Gasteiger partial charge in [-0.05, 0) is 26.0 Å². The SMILES string of the molecule is CCOC(=O)C(C)NC(=O)c1ccc(Cl)s1. The first kappa shape index (κ1) is 13.0. The lowest BCUT2D eigenvalue weighted by molar-refractivity contribution is -0.144. The maximum atomic E-state index is 11.6. The van der Waals surface area contributed by atoms with E-state index in [1.54, 1.807) is 26.0 Å². The van der Waals surface area contributed by atoms with E-state index >= 15 is 0 Å². The fourth-order valence-electron chi connectivity index (χ4n) is 1.03. The van der Waals surface area contributed by atoms with E-state index in [-0.39, 0.29) is 5.91 Å². The number of halogens is 1. The van der Waals surface area contributed by atoms with Crippen molar-refractivity contribution in [3.05, 3.63) is 21.3 Å². The van der Waals surface area contributed by atoms with Crippen molar-refractivity contribution in [1.29, 1.82) is 0 Å². The molecular weight excluding hydrogens is 250 g/mol. The number of carbonyl (C=O) groups excluding carboxylic acids is 2. The Morgan fingerprint density at radius 3 is 2.75 bits per heavy atom. The summed E-state index contributed by atoms with van der Waals surface area (Å²) in [6, 6.07) is 2.59. The zero-order chi connectivity index (χ0) is 12.1. The van der Waals surface area contributed by atoms with E-state index in [4.69, 9.17) is 16.3 Å². The molecule has 1 N–H and O–H groups in total. The molecule has 0 spiro atoms. The van der Waals surface area contributed by atoms with Crippen LogP contribution in [0.25, 0.3) is 0 Å². The van der Waals surface area contributed by atoms with E-state index in [0.29, 0.717) is 15.8 Å². The van der Waals surface area contributed by atoms with Gasteiger partial charge >= 0.3 is 5.97 Å². The van der Waals surface area contributed by atoms with Gasteiger partial charge in [0, 0.05) is 0 Å². The van der Waals surface area contributed by atoms with Crippen molar-refractivity contribution in [3.8, 4) is 0 Å². The Kier molecular flexibility index (Phi) is 4.76. The Morgan fingerprint density at radius 1 is 1.56 bits per heavy atom. The molecule has 0 fully saturated rings. The highest BCUT2D eigenvalue weighted by molar-refractivity contribution is 7.18. The first-order valence-electron chi connectivity index (χ1n) is 4.77. The molecule has 0 saturated heterocycles. The van der Waals surface area contributed by atoms with Gasteiger partial charge in [-0.15, -0.1) is 11.3 Å². The second kappa shape index (κ2) is 5.86. The third-order valence-corrected chi connectivity index (χ3v) is 3.01. The predicted molar refractivity (Wildman–Crippen MR) is 62.9 cm³/mol. The molecule has 16 heavy (non-hydrogen) atoms. The van der Waals surface area contributed by atoms with Gasteiger partial charge in [0.05, 0.1) is 15.8 Å². The van der Waals surface area contributed by atoms with Crippen LogP contribution in [0.2, 0.25) is 4.34 Å². The van der Waals surface area contributed by atoms with Crippen molar-refractivity contribution >= 4 is 34.8 Å². The van der Waals surface area contributed by atoms with Gasteiger partial charge in [0.2, 0.25) is 0 Å². The van der Waals surface area contributed by atoms with Crippen molar-refractivity contribution in [2.24, 2.45) is 0 Å². The molecule has 1 aromatic heterocycles. The summed E-state index contributed by atoms with van der Waals surface area (Å²) in [5.41, 5.74) is 0. The number of carbonyl (C=O) groups is 2. The number of hydrogen-bond donors (Lipinski definition) is 1. The van der Waals surface area contributed by atoms with Crippen LogP contribution in [0.3, 0.4) is 0 Å². The Bertz CT molecular complexity index is 391. The number of ether oxygens (including phenoxy) is 1. The summed E-state index contributed by atoms with van der Waals surface area (Å²) in [7, 11) is 0.